The van der Waals surface area contributed by atoms with Crippen LogP contribution in [0.1, 0.15) is 32.6 Å². The maximum atomic E-state index is 12.7. The first-order valence-electron chi connectivity index (χ1n) is 7.47. The van der Waals surface area contributed by atoms with Crippen LogP contribution in [0.2, 0.25) is 0 Å². The number of aliphatic carboxylic acids is 1. The number of carbonyl (C=O) groups is 2. The molecule has 0 aromatic heterocycles. The van der Waals surface area contributed by atoms with E-state index in [1.807, 2.05) is 4.90 Å². The van der Waals surface area contributed by atoms with Gasteiger partial charge in [0, 0.05) is 31.1 Å². The van der Waals surface area contributed by atoms with Crippen LogP contribution in [0, 0.1) is 5.92 Å². The molecule has 5 nitrogen and oxygen atoms in total. The molecule has 1 N–H and O–H groups in total. The van der Waals surface area contributed by atoms with Gasteiger partial charge in [0.25, 0.3) is 0 Å². The Morgan fingerprint density at radius 3 is 2.75 bits per heavy atom. The number of urea groups is 1. The van der Waals surface area contributed by atoms with E-state index in [9.17, 15) is 9.59 Å². The molecule has 1 heterocycles. The summed E-state index contributed by atoms with van der Waals surface area (Å²) in [4.78, 5) is 27.4. The molecule has 0 aromatic rings. The molecule has 114 valence electrons. The van der Waals surface area contributed by atoms with E-state index in [0.29, 0.717) is 12.5 Å². The number of rotatable bonds is 6. The number of thioether (sulfide) groups is 1. The summed E-state index contributed by atoms with van der Waals surface area (Å²) in [6.07, 6.45) is 3.45. The minimum Gasteiger partial charge on any atom is -0.481 e. The number of carboxylic acid groups (broad SMARTS) is 1. The minimum absolute atomic E-state index is 0.0466. The minimum atomic E-state index is -0.820. The Morgan fingerprint density at radius 1 is 1.40 bits per heavy atom. The normalized spacial score (nSPS) is 22.6. The highest BCUT2D eigenvalue weighted by Crippen LogP contribution is 2.30. The average molecular weight is 300 g/mol. The number of nitrogens with zero attached hydrogens (tertiary/aromatic N) is 2. The van der Waals surface area contributed by atoms with Crippen molar-refractivity contribution in [1.82, 2.24) is 9.80 Å². The lowest BCUT2D eigenvalue weighted by molar-refractivity contribution is -0.138. The van der Waals surface area contributed by atoms with Gasteiger partial charge in [-0.3, -0.25) is 4.79 Å². The van der Waals surface area contributed by atoms with Crippen molar-refractivity contribution in [2.24, 2.45) is 5.92 Å². The Hall–Kier alpha value is -0.910. The van der Waals surface area contributed by atoms with E-state index in [1.165, 1.54) is 12.8 Å². The summed E-state index contributed by atoms with van der Waals surface area (Å²) in [6.45, 7) is 4.37. The Kier molecular flexibility index (Phi) is 5.57. The molecular weight excluding hydrogens is 276 g/mol. The largest absolute Gasteiger partial charge is 0.481 e. The first-order chi connectivity index (χ1) is 9.61. The van der Waals surface area contributed by atoms with Crippen LogP contribution in [0.4, 0.5) is 4.79 Å². The van der Waals surface area contributed by atoms with E-state index in [0.717, 1.165) is 31.0 Å². The smallest absolute Gasteiger partial charge is 0.320 e. The summed E-state index contributed by atoms with van der Waals surface area (Å²) < 4.78 is 0. The molecule has 6 heteroatoms. The van der Waals surface area contributed by atoms with Crippen LogP contribution in [-0.2, 0) is 4.79 Å². The zero-order valence-corrected chi connectivity index (χ0v) is 12.9. The molecule has 0 bridgehead atoms. The SMILES string of the molecule is CCCN(CC1CC1)C(=O)N1CCSCC1CC(=O)O. The average Bonchev–Trinajstić information content (AvgIpc) is 3.21. The molecule has 0 spiro atoms. The molecular formula is C14H24N2O3S. The summed E-state index contributed by atoms with van der Waals surface area (Å²) in [5.74, 6) is 1.49. The van der Waals surface area contributed by atoms with Crippen molar-refractivity contribution in [1.29, 1.82) is 0 Å². The van der Waals surface area contributed by atoms with Crippen molar-refractivity contribution >= 4 is 23.8 Å². The zero-order chi connectivity index (χ0) is 14.5. The third-order valence-corrected chi connectivity index (χ3v) is 4.91. The van der Waals surface area contributed by atoms with Crippen molar-refractivity contribution in [3.05, 3.63) is 0 Å². The maximum Gasteiger partial charge on any atom is 0.320 e. The van der Waals surface area contributed by atoms with Gasteiger partial charge in [0.2, 0.25) is 0 Å². The molecule has 1 unspecified atom stereocenters. The second-order valence-corrected chi connectivity index (χ2v) is 6.84. The van der Waals surface area contributed by atoms with Crippen molar-refractivity contribution in [3.8, 4) is 0 Å². The highest BCUT2D eigenvalue weighted by Gasteiger charge is 2.33. The number of carboxylic acids is 1. The van der Waals surface area contributed by atoms with Crippen molar-refractivity contribution in [3.63, 3.8) is 0 Å². The molecule has 2 amide bonds. The van der Waals surface area contributed by atoms with Crippen molar-refractivity contribution in [2.45, 2.75) is 38.6 Å². The van der Waals surface area contributed by atoms with Gasteiger partial charge in [-0.25, -0.2) is 4.79 Å². The topological polar surface area (TPSA) is 60.9 Å². The highest BCUT2D eigenvalue weighted by molar-refractivity contribution is 7.99. The fourth-order valence-corrected chi connectivity index (χ4v) is 3.67. The molecule has 2 fully saturated rings. The van der Waals surface area contributed by atoms with Gasteiger partial charge < -0.3 is 14.9 Å². The van der Waals surface area contributed by atoms with Gasteiger partial charge in [0.1, 0.15) is 0 Å². The third-order valence-electron chi connectivity index (χ3n) is 3.82. The number of hydrogen-bond acceptors (Lipinski definition) is 3. The number of hydrogen-bond donors (Lipinski definition) is 1. The Morgan fingerprint density at radius 2 is 2.15 bits per heavy atom. The van der Waals surface area contributed by atoms with E-state index in [4.69, 9.17) is 5.11 Å². The Balaban J connectivity index is 1.99. The lowest BCUT2D eigenvalue weighted by atomic mass is 10.2. The second kappa shape index (κ2) is 7.20. The molecule has 0 aromatic carbocycles. The standard InChI is InChI=1S/C14H24N2O3S/c1-2-5-15(9-11-3-4-11)14(19)16-6-7-20-10-12(16)8-13(17)18/h11-12H,2-10H2,1H3,(H,17,18). The van der Waals surface area contributed by atoms with Gasteiger partial charge in [-0.2, -0.15) is 11.8 Å². The van der Waals surface area contributed by atoms with Crippen LogP contribution in [0.5, 0.6) is 0 Å². The Labute approximate surface area is 124 Å². The third kappa shape index (κ3) is 4.30. The van der Waals surface area contributed by atoms with Gasteiger partial charge in [-0.15, -0.1) is 0 Å². The van der Waals surface area contributed by atoms with E-state index in [2.05, 4.69) is 6.92 Å². The lowest BCUT2D eigenvalue weighted by Gasteiger charge is -2.38. The molecule has 2 aliphatic rings. The van der Waals surface area contributed by atoms with Crippen LogP contribution >= 0.6 is 11.8 Å². The van der Waals surface area contributed by atoms with Gasteiger partial charge in [-0.05, 0) is 25.2 Å². The quantitative estimate of drug-likeness (QED) is 0.816. The molecule has 1 atom stereocenters. The van der Waals surface area contributed by atoms with Gasteiger partial charge in [0.05, 0.1) is 12.5 Å². The molecule has 1 saturated carbocycles. The molecule has 1 aliphatic carbocycles. The number of amides is 2. The van der Waals surface area contributed by atoms with Gasteiger partial charge in [0.15, 0.2) is 0 Å². The predicted octanol–water partition coefficient (Wildman–Crippen LogP) is 2.12. The molecule has 20 heavy (non-hydrogen) atoms. The van der Waals surface area contributed by atoms with Crippen LogP contribution < -0.4 is 0 Å². The molecule has 0 radical (unpaired) electrons. The predicted molar refractivity (Wildman–Crippen MR) is 80.1 cm³/mol. The fourth-order valence-electron chi connectivity index (χ4n) is 2.61. The monoisotopic (exact) mass is 300 g/mol. The summed E-state index contributed by atoms with van der Waals surface area (Å²) in [5, 5.41) is 9.00. The highest BCUT2D eigenvalue weighted by atomic mass is 32.2. The van der Waals surface area contributed by atoms with Gasteiger partial charge >= 0.3 is 12.0 Å². The first-order valence-corrected chi connectivity index (χ1v) is 8.62. The summed E-state index contributed by atoms with van der Waals surface area (Å²) in [7, 11) is 0. The number of carbonyl (C=O) groups excluding carboxylic acids is 1. The van der Waals surface area contributed by atoms with Crippen LogP contribution in [0.15, 0.2) is 0 Å². The molecule has 2 rings (SSSR count). The van der Waals surface area contributed by atoms with Crippen molar-refractivity contribution < 1.29 is 14.7 Å². The first kappa shape index (κ1) is 15.5. The van der Waals surface area contributed by atoms with E-state index in [-0.39, 0.29) is 18.5 Å². The van der Waals surface area contributed by atoms with E-state index in [1.54, 1.807) is 16.7 Å². The summed E-state index contributed by atoms with van der Waals surface area (Å²) >= 11 is 1.74. The van der Waals surface area contributed by atoms with E-state index < -0.39 is 5.97 Å². The zero-order valence-electron chi connectivity index (χ0n) is 12.1. The maximum absolute atomic E-state index is 12.7. The van der Waals surface area contributed by atoms with Gasteiger partial charge in [-0.1, -0.05) is 6.92 Å². The molecule has 1 saturated heterocycles. The summed E-state index contributed by atoms with van der Waals surface area (Å²) in [6, 6.07) is -0.109. The Bertz CT molecular complexity index is 360. The second-order valence-electron chi connectivity index (χ2n) is 5.69. The van der Waals surface area contributed by atoms with Crippen LogP contribution in [0.25, 0.3) is 0 Å². The van der Waals surface area contributed by atoms with Crippen LogP contribution in [0.3, 0.4) is 0 Å². The summed E-state index contributed by atoms with van der Waals surface area (Å²) in [5.41, 5.74) is 0. The van der Waals surface area contributed by atoms with E-state index >= 15 is 0 Å². The molecule has 1 aliphatic heterocycles. The van der Waals surface area contributed by atoms with Crippen LogP contribution in [-0.4, -0.2) is 64.1 Å². The lowest BCUT2D eigenvalue weighted by Crippen LogP contribution is -2.53. The van der Waals surface area contributed by atoms with Crippen molar-refractivity contribution in [2.75, 3.05) is 31.1 Å². The fraction of sp³-hybridized carbons (Fsp3) is 0.857.